The Hall–Kier alpha value is -1.39. The molecule has 19 heavy (non-hydrogen) atoms. The van der Waals surface area contributed by atoms with Crippen LogP contribution in [0.25, 0.3) is 0 Å². The molecule has 0 spiro atoms. The summed E-state index contributed by atoms with van der Waals surface area (Å²) in [4.78, 5) is 0.180. The van der Waals surface area contributed by atoms with E-state index in [0.717, 1.165) is 0 Å². The minimum atomic E-state index is -3.56. The lowest BCUT2D eigenvalue weighted by Gasteiger charge is -2.13. The van der Waals surface area contributed by atoms with E-state index in [1.54, 1.807) is 19.1 Å². The fourth-order valence-corrected chi connectivity index (χ4v) is 2.78. The first-order valence-electron chi connectivity index (χ1n) is 5.80. The van der Waals surface area contributed by atoms with Gasteiger partial charge in [0.1, 0.15) is 0 Å². The van der Waals surface area contributed by atoms with Crippen molar-refractivity contribution in [1.29, 1.82) is 0 Å². The van der Waals surface area contributed by atoms with Crippen LogP contribution in [0, 0.1) is 11.8 Å². The minimum absolute atomic E-state index is 0.180. The number of benzene rings is 1. The van der Waals surface area contributed by atoms with E-state index in [1.165, 1.54) is 19.2 Å². The lowest BCUT2D eigenvalue weighted by atomic mass is 10.2. The molecule has 0 saturated heterocycles. The van der Waals surface area contributed by atoms with Gasteiger partial charge in [-0.25, -0.2) is 13.1 Å². The van der Waals surface area contributed by atoms with E-state index in [4.69, 9.17) is 10.5 Å². The van der Waals surface area contributed by atoms with Gasteiger partial charge in [-0.1, -0.05) is 17.9 Å². The predicted molar refractivity (Wildman–Crippen MR) is 74.0 cm³/mol. The number of nitrogens with two attached hydrogens (primary N) is 1. The molecule has 1 aromatic rings. The van der Waals surface area contributed by atoms with Crippen LogP contribution in [0.4, 0.5) is 0 Å². The average molecular weight is 282 g/mol. The Kier molecular flexibility index (Phi) is 5.99. The number of hydrogen-bond acceptors (Lipinski definition) is 4. The first kappa shape index (κ1) is 15.7. The van der Waals surface area contributed by atoms with Crippen LogP contribution >= 0.6 is 0 Å². The second kappa shape index (κ2) is 7.26. The van der Waals surface area contributed by atoms with Gasteiger partial charge in [0.05, 0.1) is 18.0 Å². The van der Waals surface area contributed by atoms with Crippen molar-refractivity contribution in [3.8, 4) is 11.8 Å². The molecular weight excluding hydrogens is 264 g/mol. The summed E-state index contributed by atoms with van der Waals surface area (Å²) in [6.07, 6.45) is 0. The van der Waals surface area contributed by atoms with E-state index in [1.807, 2.05) is 0 Å². The molecule has 0 heterocycles. The number of ether oxygens (including phenoxy) is 1. The Labute approximate surface area is 114 Å². The fourth-order valence-electron chi connectivity index (χ4n) is 1.51. The maximum absolute atomic E-state index is 12.1. The lowest BCUT2D eigenvalue weighted by molar-refractivity contribution is 0.180. The van der Waals surface area contributed by atoms with Crippen molar-refractivity contribution in [3.05, 3.63) is 29.8 Å². The molecule has 0 saturated carbocycles. The second-order valence-electron chi connectivity index (χ2n) is 4.01. The maximum Gasteiger partial charge on any atom is 0.240 e. The van der Waals surface area contributed by atoms with Crippen molar-refractivity contribution in [2.45, 2.75) is 17.9 Å². The molecule has 104 valence electrons. The van der Waals surface area contributed by atoms with Crippen molar-refractivity contribution >= 4 is 10.0 Å². The Bertz CT molecular complexity index is 573. The highest BCUT2D eigenvalue weighted by atomic mass is 32.2. The average Bonchev–Trinajstić information content (AvgIpc) is 2.36. The molecule has 0 aliphatic carbocycles. The van der Waals surface area contributed by atoms with E-state index in [9.17, 15) is 8.42 Å². The van der Waals surface area contributed by atoms with Gasteiger partial charge in [-0.15, -0.1) is 0 Å². The zero-order chi connectivity index (χ0) is 14.3. The van der Waals surface area contributed by atoms with Gasteiger partial charge >= 0.3 is 0 Å². The van der Waals surface area contributed by atoms with E-state index in [0.29, 0.717) is 12.2 Å². The fraction of sp³-hybridized carbons (Fsp3) is 0.385. The highest BCUT2D eigenvalue weighted by molar-refractivity contribution is 7.89. The predicted octanol–water partition coefficient (Wildman–Crippen LogP) is 0.310. The molecule has 0 amide bonds. The molecule has 0 aromatic heterocycles. The third-order valence-corrected chi connectivity index (χ3v) is 3.84. The summed E-state index contributed by atoms with van der Waals surface area (Å²) in [5.74, 6) is 5.49. The summed E-state index contributed by atoms with van der Waals surface area (Å²) in [6.45, 7) is 2.28. The third kappa shape index (κ3) is 5.01. The van der Waals surface area contributed by atoms with Gasteiger partial charge in [-0.2, -0.15) is 0 Å². The van der Waals surface area contributed by atoms with E-state index < -0.39 is 10.0 Å². The quantitative estimate of drug-likeness (QED) is 0.762. The zero-order valence-electron chi connectivity index (χ0n) is 11.0. The summed E-state index contributed by atoms with van der Waals surface area (Å²) < 4.78 is 31.6. The number of sulfonamides is 1. The third-order valence-electron chi connectivity index (χ3n) is 2.25. The van der Waals surface area contributed by atoms with Crippen LogP contribution < -0.4 is 10.5 Å². The zero-order valence-corrected chi connectivity index (χ0v) is 11.8. The number of nitrogens with one attached hydrogen (secondary N) is 1. The van der Waals surface area contributed by atoms with Crippen LogP contribution in [0.15, 0.2) is 29.2 Å². The number of methoxy groups -OCH3 is 1. The van der Waals surface area contributed by atoms with Gasteiger partial charge < -0.3 is 10.5 Å². The lowest BCUT2D eigenvalue weighted by Crippen LogP contribution is -2.35. The van der Waals surface area contributed by atoms with Crippen LogP contribution in [0.1, 0.15) is 12.5 Å². The molecule has 1 rings (SSSR count). The van der Waals surface area contributed by atoms with Crippen LogP contribution in [-0.2, 0) is 14.8 Å². The first-order chi connectivity index (χ1) is 8.99. The van der Waals surface area contributed by atoms with E-state index in [2.05, 4.69) is 16.6 Å². The molecule has 1 atom stereocenters. The van der Waals surface area contributed by atoms with Crippen molar-refractivity contribution in [2.75, 3.05) is 20.3 Å². The Morgan fingerprint density at radius 1 is 1.47 bits per heavy atom. The summed E-state index contributed by atoms with van der Waals surface area (Å²) in [5, 5.41) is 0. The number of rotatable bonds is 5. The van der Waals surface area contributed by atoms with Gasteiger partial charge in [0.2, 0.25) is 10.0 Å². The smallest absolute Gasteiger partial charge is 0.240 e. The van der Waals surface area contributed by atoms with Crippen LogP contribution in [-0.4, -0.2) is 34.7 Å². The molecule has 6 heteroatoms. The van der Waals surface area contributed by atoms with Gasteiger partial charge in [0.15, 0.2) is 0 Å². The summed E-state index contributed by atoms with van der Waals surface area (Å²) in [5.41, 5.74) is 5.90. The normalized spacial score (nSPS) is 12.6. The standard InChI is InChI=1S/C13H18N2O3S/c1-11(10-18-2)15-19(16,17)13-7-3-5-12(9-13)6-4-8-14/h3,5,7,9,11,15H,8,10,14H2,1-2H3. The van der Waals surface area contributed by atoms with E-state index in [-0.39, 0.29) is 17.5 Å². The van der Waals surface area contributed by atoms with Gasteiger partial charge in [0, 0.05) is 18.7 Å². The van der Waals surface area contributed by atoms with Crippen LogP contribution in [0.3, 0.4) is 0 Å². The largest absolute Gasteiger partial charge is 0.383 e. The molecule has 0 aliphatic heterocycles. The van der Waals surface area contributed by atoms with Crippen LogP contribution in [0.5, 0.6) is 0 Å². The van der Waals surface area contributed by atoms with Crippen molar-refractivity contribution in [2.24, 2.45) is 5.73 Å². The van der Waals surface area contributed by atoms with Gasteiger partial charge in [0.25, 0.3) is 0 Å². The minimum Gasteiger partial charge on any atom is -0.383 e. The molecular formula is C13H18N2O3S. The molecule has 3 N–H and O–H groups in total. The highest BCUT2D eigenvalue weighted by Crippen LogP contribution is 2.11. The van der Waals surface area contributed by atoms with Gasteiger partial charge in [-0.3, -0.25) is 0 Å². The van der Waals surface area contributed by atoms with Crippen molar-refractivity contribution in [3.63, 3.8) is 0 Å². The molecule has 5 nitrogen and oxygen atoms in total. The van der Waals surface area contributed by atoms with E-state index >= 15 is 0 Å². The number of hydrogen-bond donors (Lipinski definition) is 2. The Morgan fingerprint density at radius 2 is 2.21 bits per heavy atom. The van der Waals surface area contributed by atoms with Crippen molar-refractivity contribution < 1.29 is 13.2 Å². The molecule has 1 aromatic carbocycles. The maximum atomic E-state index is 12.1. The molecule has 0 aliphatic rings. The Balaban J connectivity index is 2.95. The highest BCUT2D eigenvalue weighted by Gasteiger charge is 2.17. The summed E-state index contributed by atoms with van der Waals surface area (Å²) in [6, 6.07) is 6.13. The van der Waals surface area contributed by atoms with Crippen molar-refractivity contribution in [1.82, 2.24) is 4.72 Å². The monoisotopic (exact) mass is 282 g/mol. The van der Waals surface area contributed by atoms with Crippen LogP contribution in [0.2, 0.25) is 0 Å². The molecule has 0 radical (unpaired) electrons. The second-order valence-corrected chi connectivity index (χ2v) is 5.73. The molecule has 1 unspecified atom stereocenters. The summed E-state index contributed by atoms with van der Waals surface area (Å²) in [7, 11) is -2.04. The SMILES string of the molecule is COCC(C)NS(=O)(=O)c1cccc(C#CCN)c1. The first-order valence-corrected chi connectivity index (χ1v) is 7.28. The molecule has 0 fully saturated rings. The topological polar surface area (TPSA) is 81.4 Å². The molecule has 0 bridgehead atoms. The summed E-state index contributed by atoms with van der Waals surface area (Å²) >= 11 is 0. The Morgan fingerprint density at radius 3 is 2.84 bits per heavy atom. The van der Waals surface area contributed by atoms with Gasteiger partial charge in [-0.05, 0) is 25.1 Å².